The Labute approximate surface area is 112 Å². The van der Waals surface area contributed by atoms with Gasteiger partial charge in [0.2, 0.25) is 0 Å². The number of nitrogens with zero attached hydrogens (tertiary/aromatic N) is 3. The molecule has 0 N–H and O–H groups in total. The lowest BCUT2D eigenvalue weighted by Gasteiger charge is -2.17. The molecule has 1 rings (SSSR count). The molecule has 0 bridgehead atoms. The number of aromatic nitrogens is 2. The fourth-order valence-electron chi connectivity index (χ4n) is 1.38. The van der Waals surface area contributed by atoms with Gasteiger partial charge in [0, 0.05) is 20.0 Å². The van der Waals surface area contributed by atoms with Gasteiger partial charge in [-0.05, 0) is 6.42 Å². The van der Waals surface area contributed by atoms with Crippen LogP contribution in [0, 0.1) is 0 Å². The first-order valence-corrected chi connectivity index (χ1v) is 6.13. The maximum atomic E-state index is 11.7. The van der Waals surface area contributed by atoms with E-state index in [1.807, 2.05) is 27.9 Å². The molecule has 6 heteroatoms. The SMILES string of the molecule is CCC(C)c1nc(C(=O)OC)c(Cl)c(N(C)C)n1. The topological polar surface area (TPSA) is 55.3 Å². The van der Waals surface area contributed by atoms with Crippen molar-refractivity contribution in [1.82, 2.24) is 9.97 Å². The molecule has 18 heavy (non-hydrogen) atoms. The van der Waals surface area contributed by atoms with Crippen LogP contribution >= 0.6 is 11.6 Å². The minimum atomic E-state index is -0.546. The molecule has 1 aromatic rings. The molecule has 1 heterocycles. The monoisotopic (exact) mass is 271 g/mol. The zero-order valence-electron chi connectivity index (χ0n) is 11.3. The second-order valence-corrected chi connectivity index (χ2v) is 4.64. The second-order valence-electron chi connectivity index (χ2n) is 4.26. The van der Waals surface area contributed by atoms with Gasteiger partial charge in [-0.15, -0.1) is 0 Å². The highest BCUT2D eigenvalue weighted by molar-refractivity contribution is 6.35. The Morgan fingerprint density at radius 2 is 2.06 bits per heavy atom. The molecule has 0 aromatic carbocycles. The summed E-state index contributed by atoms with van der Waals surface area (Å²) in [5, 5.41) is 0.221. The van der Waals surface area contributed by atoms with Gasteiger partial charge in [-0.1, -0.05) is 25.4 Å². The number of rotatable bonds is 4. The maximum Gasteiger partial charge on any atom is 0.358 e. The molecule has 1 aromatic heterocycles. The van der Waals surface area contributed by atoms with Crippen LogP contribution < -0.4 is 4.90 Å². The van der Waals surface area contributed by atoms with Gasteiger partial charge in [-0.2, -0.15) is 0 Å². The third kappa shape index (κ3) is 2.90. The fraction of sp³-hybridized carbons (Fsp3) is 0.583. The molecule has 1 atom stereocenters. The van der Waals surface area contributed by atoms with E-state index in [-0.39, 0.29) is 16.6 Å². The largest absolute Gasteiger partial charge is 0.464 e. The maximum absolute atomic E-state index is 11.7. The number of halogens is 1. The summed E-state index contributed by atoms with van der Waals surface area (Å²) in [6.07, 6.45) is 0.884. The first-order valence-electron chi connectivity index (χ1n) is 5.75. The van der Waals surface area contributed by atoms with Crippen molar-refractivity contribution < 1.29 is 9.53 Å². The molecular formula is C12H18ClN3O2. The summed E-state index contributed by atoms with van der Waals surface area (Å²) in [4.78, 5) is 22.0. The number of hydrogen-bond acceptors (Lipinski definition) is 5. The van der Waals surface area contributed by atoms with Crippen molar-refractivity contribution in [1.29, 1.82) is 0 Å². The van der Waals surface area contributed by atoms with Gasteiger partial charge in [0.1, 0.15) is 10.8 Å². The Morgan fingerprint density at radius 3 is 2.50 bits per heavy atom. The van der Waals surface area contributed by atoms with E-state index in [2.05, 4.69) is 14.7 Å². The van der Waals surface area contributed by atoms with Crippen LogP contribution in [0.5, 0.6) is 0 Å². The van der Waals surface area contributed by atoms with Crippen molar-refractivity contribution in [3.05, 3.63) is 16.5 Å². The van der Waals surface area contributed by atoms with Gasteiger partial charge in [-0.25, -0.2) is 14.8 Å². The quantitative estimate of drug-likeness (QED) is 0.788. The summed E-state index contributed by atoms with van der Waals surface area (Å²) in [6.45, 7) is 4.04. The molecule has 0 saturated carbocycles. The molecule has 5 nitrogen and oxygen atoms in total. The summed E-state index contributed by atoms with van der Waals surface area (Å²) in [5.41, 5.74) is 0.119. The molecule has 100 valence electrons. The van der Waals surface area contributed by atoms with E-state index in [0.717, 1.165) is 6.42 Å². The van der Waals surface area contributed by atoms with Gasteiger partial charge in [-0.3, -0.25) is 0 Å². The molecule has 0 saturated heterocycles. The molecule has 0 fully saturated rings. The van der Waals surface area contributed by atoms with E-state index in [1.165, 1.54) is 7.11 Å². The smallest absolute Gasteiger partial charge is 0.358 e. The second kappa shape index (κ2) is 6.00. The Morgan fingerprint density at radius 1 is 1.44 bits per heavy atom. The molecule has 0 amide bonds. The van der Waals surface area contributed by atoms with Crippen molar-refractivity contribution in [2.24, 2.45) is 0 Å². The fourth-order valence-corrected chi connectivity index (χ4v) is 1.71. The number of esters is 1. The van der Waals surface area contributed by atoms with Gasteiger partial charge >= 0.3 is 5.97 Å². The molecule has 0 aliphatic heterocycles. The van der Waals surface area contributed by atoms with Crippen LogP contribution in [-0.2, 0) is 4.74 Å². The normalized spacial score (nSPS) is 12.1. The summed E-state index contributed by atoms with van der Waals surface area (Å²) in [7, 11) is 4.93. The van der Waals surface area contributed by atoms with Crippen molar-refractivity contribution in [3.63, 3.8) is 0 Å². The highest BCUT2D eigenvalue weighted by atomic mass is 35.5. The number of carbonyl (C=O) groups is 1. The highest BCUT2D eigenvalue weighted by Gasteiger charge is 2.22. The summed E-state index contributed by atoms with van der Waals surface area (Å²) < 4.78 is 4.69. The van der Waals surface area contributed by atoms with E-state index >= 15 is 0 Å². The van der Waals surface area contributed by atoms with Crippen molar-refractivity contribution >= 4 is 23.4 Å². The molecule has 0 aliphatic carbocycles. The average Bonchev–Trinajstić information content (AvgIpc) is 2.36. The number of anilines is 1. The van der Waals surface area contributed by atoms with Gasteiger partial charge in [0.25, 0.3) is 0 Å². The number of methoxy groups -OCH3 is 1. The number of ether oxygens (including phenoxy) is 1. The van der Waals surface area contributed by atoms with Crippen molar-refractivity contribution in [2.75, 3.05) is 26.1 Å². The van der Waals surface area contributed by atoms with Gasteiger partial charge in [0.05, 0.1) is 7.11 Å². The Balaban J connectivity index is 3.41. The van der Waals surface area contributed by atoms with Crippen LogP contribution in [0.25, 0.3) is 0 Å². The molecule has 0 spiro atoms. The van der Waals surface area contributed by atoms with Gasteiger partial charge in [0.15, 0.2) is 11.5 Å². The van der Waals surface area contributed by atoms with Gasteiger partial charge < -0.3 is 9.64 Å². The lowest BCUT2D eigenvalue weighted by Crippen LogP contribution is -2.18. The third-order valence-corrected chi connectivity index (χ3v) is 3.05. The average molecular weight is 272 g/mol. The first kappa shape index (κ1) is 14.7. The lowest BCUT2D eigenvalue weighted by molar-refractivity contribution is 0.0593. The summed E-state index contributed by atoms with van der Waals surface area (Å²) >= 11 is 6.13. The van der Waals surface area contributed by atoms with Crippen molar-refractivity contribution in [2.45, 2.75) is 26.2 Å². The van der Waals surface area contributed by atoms with E-state index in [9.17, 15) is 4.79 Å². The lowest BCUT2D eigenvalue weighted by atomic mass is 10.1. The standard InChI is InChI=1S/C12H18ClN3O2/c1-6-7(2)10-14-9(12(17)18-5)8(13)11(15-10)16(3)4/h7H,6H2,1-5H3. The molecule has 0 radical (unpaired) electrons. The van der Waals surface area contributed by atoms with E-state index < -0.39 is 5.97 Å². The third-order valence-electron chi connectivity index (χ3n) is 2.71. The Kier molecular flexibility index (Phi) is 4.90. The predicted octanol–water partition coefficient (Wildman–Crippen LogP) is 2.50. The summed E-state index contributed by atoms with van der Waals surface area (Å²) in [6, 6.07) is 0. The Bertz CT molecular complexity index is 449. The molecule has 0 aliphatic rings. The van der Waals surface area contributed by atoms with E-state index in [1.54, 1.807) is 4.90 Å². The zero-order chi connectivity index (χ0) is 13.9. The van der Waals surface area contributed by atoms with Crippen LogP contribution in [-0.4, -0.2) is 37.1 Å². The molecule has 1 unspecified atom stereocenters. The minimum absolute atomic E-state index is 0.119. The highest BCUT2D eigenvalue weighted by Crippen LogP contribution is 2.28. The number of hydrogen-bond donors (Lipinski definition) is 0. The Hall–Kier alpha value is -1.36. The van der Waals surface area contributed by atoms with E-state index in [4.69, 9.17) is 11.6 Å². The van der Waals surface area contributed by atoms with Crippen LogP contribution in [0.3, 0.4) is 0 Å². The van der Waals surface area contributed by atoms with Crippen molar-refractivity contribution in [3.8, 4) is 0 Å². The predicted molar refractivity (Wildman–Crippen MR) is 71.4 cm³/mol. The summed E-state index contributed by atoms with van der Waals surface area (Å²) in [5.74, 6) is 0.743. The number of carbonyl (C=O) groups excluding carboxylic acids is 1. The zero-order valence-corrected chi connectivity index (χ0v) is 12.1. The first-order chi connectivity index (χ1) is 8.42. The molecular weight excluding hydrogens is 254 g/mol. The minimum Gasteiger partial charge on any atom is -0.464 e. The van der Waals surface area contributed by atoms with Crippen LogP contribution in [0.15, 0.2) is 0 Å². The van der Waals surface area contributed by atoms with Crippen LogP contribution in [0.4, 0.5) is 5.82 Å². The van der Waals surface area contributed by atoms with Crippen LogP contribution in [0.2, 0.25) is 5.02 Å². The van der Waals surface area contributed by atoms with E-state index in [0.29, 0.717) is 11.6 Å². The van der Waals surface area contributed by atoms with Crippen LogP contribution in [0.1, 0.15) is 42.5 Å².